The standard InChI is InChI=1S/C14H21BrN2O2/c1-2-18-5-4-13(17-16)9-11-8-12(15)7-10-3-6-19-14(10)11/h7-8,13,17H,2-6,9,16H2,1H3. The van der Waals surface area contributed by atoms with Crippen LogP contribution >= 0.6 is 15.9 Å². The quantitative estimate of drug-likeness (QED) is 0.457. The highest BCUT2D eigenvalue weighted by Gasteiger charge is 2.19. The van der Waals surface area contributed by atoms with Crippen molar-refractivity contribution in [2.24, 2.45) is 5.84 Å². The van der Waals surface area contributed by atoms with Gasteiger partial charge in [0.1, 0.15) is 5.75 Å². The average molecular weight is 329 g/mol. The molecule has 1 heterocycles. The minimum atomic E-state index is 0.203. The van der Waals surface area contributed by atoms with E-state index in [1.807, 2.05) is 6.92 Å². The molecule has 1 aliphatic rings. The first-order valence-corrected chi connectivity index (χ1v) is 7.51. The van der Waals surface area contributed by atoms with Crippen LogP contribution in [0.5, 0.6) is 5.75 Å². The van der Waals surface area contributed by atoms with E-state index in [1.165, 1.54) is 11.1 Å². The van der Waals surface area contributed by atoms with E-state index in [1.54, 1.807) is 0 Å². The van der Waals surface area contributed by atoms with Crippen LogP contribution < -0.4 is 16.0 Å². The average Bonchev–Trinajstić information content (AvgIpc) is 2.85. The fraction of sp³-hybridized carbons (Fsp3) is 0.571. The summed E-state index contributed by atoms with van der Waals surface area (Å²) in [6.07, 6.45) is 2.73. The Morgan fingerprint density at radius 3 is 3.11 bits per heavy atom. The molecular weight excluding hydrogens is 308 g/mol. The zero-order valence-electron chi connectivity index (χ0n) is 11.2. The van der Waals surface area contributed by atoms with Crippen molar-refractivity contribution in [3.8, 4) is 5.75 Å². The maximum atomic E-state index is 5.73. The third-order valence-electron chi connectivity index (χ3n) is 3.34. The first-order chi connectivity index (χ1) is 9.24. The molecule has 5 heteroatoms. The van der Waals surface area contributed by atoms with Crippen molar-refractivity contribution in [1.82, 2.24) is 5.43 Å². The third-order valence-corrected chi connectivity index (χ3v) is 3.80. The van der Waals surface area contributed by atoms with E-state index in [-0.39, 0.29) is 6.04 Å². The van der Waals surface area contributed by atoms with Gasteiger partial charge in [-0.05, 0) is 43.0 Å². The monoisotopic (exact) mass is 328 g/mol. The molecule has 0 radical (unpaired) electrons. The smallest absolute Gasteiger partial charge is 0.125 e. The maximum absolute atomic E-state index is 5.73. The molecule has 4 nitrogen and oxygen atoms in total. The Morgan fingerprint density at radius 1 is 1.53 bits per heavy atom. The van der Waals surface area contributed by atoms with Gasteiger partial charge in [0.15, 0.2) is 0 Å². The number of nitrogens with one attached hydrogen (secondary N) is 1. The van der Waals surface area contributed by atoms with Gasteiger partial charge >= 0.3 is 0 Å². The van der Waals surface area contributed by atoms with E-state index < -0.39 is 0 Å². The van der Waals surface area contributed by atoms with Crippen LogP contribution in [0.3, 0.4) is 0 Å². The van der Waals surface area contributed by atoms with Gasteiger partial charge in [-0.3, -0.25) is 11.3 Å². The number of ether oxygens (including phenoxy) is 2. The molecule has 0 bridgehead atoms. The van der Waals surface area contributed by atoms with Crippen molar-refractivity contribution < 1.29 is 9.47 Å². The second kappa shape index (κ2) is 7.24. The second-order valence-electron chi connectivity index (χ2n) is 4.70. The lowest BCUT2D eigenvalue weighted by atomic mass is 10.0. The van der Waals surface area contributed by atoms with Gasteiger partial charge in [0.2, 0.25) is 0 Å². The topological polar surface area (TPSA) is 56.5 Å². The summed E-state index contributed by atoms with van der Waals surface area (Å²) in [5, 5.41) is 0. The molecule has 0 saturated heterocycles. The third kappa shape index (κ3) is 3.92. The van der Waals surface area contributed by atoms with E-state index in [9.17, 15) is 0 Å². The zero-order chi connectivity index (χ0) is 13.7. The number of rotatable bonds is 7. The Kier molecular flexibility index (Phi) is 5.63. The molecule has 0 fully saturated rings. The lowest BCUT2D eigenvalue weighted by molar-refractivity contribution is 0.136. The molecule has 1 unspecified atom stereocenters. The molecular formula is C14H21BrN2O2. The van der Waals surface area contributed by atoms with E-state index >= 15 is 0 Å². The van der Waals surface area contributed by atoms with Gasteiger partial charge < -0.3 is 9.47 Å². The summed E-state index contributed by atoms with van der Waals surface area (Å²) in [6, 6.07) is 4.46. The first-order valence-electron chi connectivity index (χ1n) is 6.72. The van der Waals surface area contributed by atoms with Crippen molar-refractivity contribution in [3.05, 3.63) is 27.7 Å². The fourth-order valence-electron chi connectivity index (χ4n) is 2.38. The number of halogens is 1. The van der Waals surface area contributed by atoms with Crippen molar-refractivity contribution in [3.63, 3.8) is 0 Å². The highest BCUT2D eigenvalue weighted by Crippen LogP contribution is 2.33. The molecule has 106 valence electrons. The van der Waals surface area contributed by atoms with Gasteiger partial charge in [0, 0.05) is 30.1 Å². The summed E-state index contributed by atoms with van der Waals surface area (Å²) in [6.45, 7) is 4.24. The van der Waals surface area contributed by atoms with Crippen LogP contribution in [0.1, 0.15) is 24.5 Å². The summed E-state index contributed by atoms with van der Waals surface area (Å²) in [4.78, 5) is 0. The number of fused-ring (bicyclic) bond motifs is 1. The van der Waals surface area contributed by atoms with Crippen molar-refractivity contribution in [2.75, 3.05) is 19.8 Å². The van der Waals surface area contributed by atoms with Crippen molar-refractivity contribution >= 4 is 15.9 Å². The Bertz CT molecular complexity index is 426. The van der Waals surface area contributed by atoms with E-state index in [0.717, 1.165) is 49.3 Å². The molecule has 0 amide bonds. The van der Waals surface area contributed by atoms with Crippen LogP contribution in [0.2, 0.25) is 0 Å². The van der Waals surface area contributed by atoms with Gasteiger partial charge in [-0.2, -0.15) is 0 Å². The SMILES string of the molecule is CCOCCC(Cc1cc(Br)cc2c1OCC2)NN. The van der Waals surface area contributed by atoms with Gasteiger partial charge in [-0.15, -0.1) is 0 Å². The van der Waals surface area contributed by atoms with Gasteiger partial charge in [0.05, 0.1) is 6.61 Å². The van der Waals surface area contributed by atoms with Crippen LogP contribution in [0.25, 0.3) is 0 Å². The first kappa shape index (κ1) is 14.8. The number of benzene rings is 1. The van der Waals surface area contributed by atoms with Gasteiger partial charge in [-0.25, -0.2) is 0 Å². The summed E-state index contributed by atoms with van der Waals surface area (Å²) in [5.41, 5.74) is 5.36. The van der Waals surface area contributed by atoms with Gasteiger partial charge in [-0.1, -0.05) is 15.9 Å². The largest absolute Gasteiger partial charge is 0.493 e. The van der Waals surface area contributed by atoms with Crippen LogP contribution in [0, 0.1) is 0 Å². The molecule has 0 saturated carbocycles. The molecule has 1 aliphatic heterocycles. The molecule has 3 N–H and O–H groups in total. The van der Waals surface area contributed by atoms with Crippen LogP contribution in [0.4, 0.5) is 0 Å². The molecule has 0 aliphatic carbocycles. The Hall–Kier alpha value is -0.620. The van der Waals surface area contributed by atoms with Crippen molar-refractivity contribution in [1.29, 1.82) is 0 Å². The molecule has 0 aromatic heterocycles. The molecule has 1 atom stereocenters. The minimum Gasteiger partial charge on any atom is -0.493 e. The zero-order valence-corrected chi connectivity index (χ0v) is 12.8. The number of hydrogen-bond donors (Lipinski definition) is 2. The fourth-order valence-corrected chi connectivity index (χ4v) is 2.93. The van der Waals surface area contributed by atoms with Gasteiger partial charge in [0.25, 0.3) is 0 Å². The number of hydrogen-bond acceptors (Lipinski definition) is 4. The molecule has 2 rings (SSSR count). The molecule has 0 spiro atoms. The summed E-state index contributed by atoms with van der Waals surface area (Å²) >= 11 is 3.56. The Balaban J connectivity index is 2.05. The summed E-state index contributed by atoms with van der Waals surface area (Å²) < 4.78 is 12.2. The van der Waals surface area contributed by atoms with Crippen LogP contribution in [-0.2, 0) is 17.6 Å². The molecule has 19 heavy (non-hydrogen) atoms. The molecule has 1 aromatic rings. The van der Waals surface area contributed by atoms with E-state index in [4.69, 9.17) is 15.3 Å². The van der Waals surface area contributed by atoms with E-state index in [2.05, 4.69) is 33.5 Å². The lowest BCUT2D eigenvalue weighted by Crippen LogP contribution is -2.37. The van der Waals surface area contributed by atoms with Crippen molar-refractivity contribution in [2.45, 2.75) is 32.2 Å². The normalized spacial score (nSPS) is 15.1. The maximum Gasteiger partial charge on any atom is 0.125 e. The minimum absolute atomic E-state index is 0.203. The Morgan fingerprint density at radius 2 is 2.37 bits per heavy atom. The highest BCUT2D eigenvalue weighted by atomic mass is 79.9. The highest BCUT2D eigenvalue weighted by molar-refractivity contribution is 9.10. The summed E-state index contributed by atoms with van der Waals surface area (Å²) in [5.74, 6) is 6.67. The number of hydrazine groups is 1. The predicted molar refractivity (Wildman–Crippen MR) is 79.3 cm³/mol. The second-order valence-corrected chi connectivity index (χ2v) is 5.62. The Labute approximate surface area is 122 Å². The predicted octanol–water partition coefficient (Wildman–Crippen LogP) is 2.18. The van der Waals surface area contributed by atoms with E-state index in [0.29, 0.717) is 0 Å². The lowest BCUT2D eigenvalue weighted by Gasteiger charge is -2.17. The van der Waals surface area contributed by atoms with Crippen LogP contribution in [-0.4, -0.2) is 25.9 Å². The van der Waals surface area contributed by atoms with Crippen LogP contribution in [0.15, 0.2) is 16.6 Å². The number of nitrogens with two attached hydrogens (primary N) is 1. The molecule has 1 aromatic carbocycles. The summed E-state index contributed by atoms with van der Waals surface area (Å²) in [7, 11) is 0.